The van der Waals surface area contributed by atoms with Gasteiger partial charge in [0.05, 0.1) is 18.2 Å². The number of halogens is 1. The Kier molecular flexibility index (Phi) is 6.55. The molecule has 1 N–H and O–H groups in total. The molecule has 0 radical (unpaired) electrons. The number of carbonyl (C=O) groups excluding carboxylic acids is 2. The molecule has 2 aromatic carbocycles. The number of para-hydroxylation sites is 1. The van der Waals surface area contributed by atoms with Gasteiger partial charge in [0.1, 0.15) is 0 Å². The minimum Gasteiger partial charge on any atom is -0.336 e. The maximum atomic E-state index is 12.7. The lowest BCUT2D eigenvalue weighted by atomic mass is 9.95. The summed E-state index contributed by atoms with van der Waals surface area (Å²) in [7, 11) is 1.66. The van der Waals surface area contributed by atoms with Gasteiger partial charge in [0, 0.05) is 11.5 Å². The van der Waals surface area contributed by atoms with Crippen LogP contribution in [0.4, 0.5) is 5.69 Å². The smallest absolute Gasteiger partial charge is 0.244 e. The molecule has 0 spiro atoms. The van der Waals surface area contributed by atoms with Gasteiger partial charge >= 0.3 is 0 Å². The number of benzene rings is 2. The van der Waals surface area contributed by atoms with E-state index in [1.54, 1.807) is 7.05 Å². The lowest BCUT2D eigenvalue weighted by Gasteiger charge is -2.23. The second-order valence-electron chi connectivity index (χ2n) is 5.59. The predicted molar refractivity (Wildman–Crippen MR) is 99.9 cm³/mol. The van der Waals surface area contributed by atoms with Crippen LogP contribution in [-0.2, 0) is 9.59 Å². The second kappa shape index (κ2) is 8.64. The number of nitrogens with zero attached hydrogens (tertiary/aromatic N) is 1. The maximum absolute atomic E-state index is 12.7. The zero-order chi connectivity index (χ0) is 17.5. The van der Waals surface area contributed by atoms with Crippen molar-refractivity contribution >= 4 is 33.4 Å². The molecule has 2 amide bonds. The average molecular weight is 389 g/mol. The fourth-order valence-corrected chi connectivity index (χ4v) is 2.93. The van der Waals surface area contributed by atoms with E-state index < -0.39 is 0 Å². The number of hydrogen-bond donors (Lipinski definition) is 1. The van der Waals surface area contributed by atoms with E-state index in [0.717, 1.165) is 10.0 Å². The van der Waals surface area contributed by atoms with Gasteiger partial charge in [0.25, 0.3) is 0 Å². The van der Waals surface area contributed by atoms with Crippen LogP contribution in [0.1, 0.15) is 24.8 Å². The summed E-state index contributed by atoms with van der Waals surface area (Å²) in [6.07, 6.45) is 0.693. The molecule has 24 heavy (non-hydrogen) atoms. The molecule has 1 atom stereocenters. The summed E-state index contributed by atoms with van der Waals surface area (Å²) in [6, 6.07) is 17.0. The first-order valence-electron chi connectivity index (χ1n) is 7.87. The van der Waals surface area contributed by atoms with Crippen molar-refractivity contribution in [1.29, 1.82) is 0 Å². The van der Waals surface area contributed by atoms with E-state index in [1.807, 2.05) is 61.5 Å². The number of rotatable bonds is 6. The number of anilines is 1. The van der Waals surface area contributed by atoms with E-state index in [1.165, 1.54) is 4.90 Å². The molecule has 0 aliphatic heterocycles. The van der Waals surface area contributed by atoms with E-state index in [9.17, 15) is 9.59 Å². The normalized spacial score (nSPS) is 11.6. The standard InChI is InChI=1S/C19H21BrN2O2/c1-3-15(14-9-5-4-6-10-14)19(24)22(2)13-18(23)21-17-12-8-7-11-16(17)20/h4-12,15H,3,13H2,1-2H3,(H,21,23). The average Bonchev–Trinajstić information content (AvgIpc) is 2.58. The maximum Gasteiger partial charge on any atom is 0.244 e. The first-order chi connectivity index (χ1) is 11.5. The molecular weight excluding hydrogens is 368 g/mol. The Labute approximate surface area is 151 Å². The zero-order valence-electron chi connectivity index (χ0n) is 13.8. The molecule has 5 heteroatoms. The van der Waals surface area contributed by atoms with Crippen molar-refractivity contribution in [3.8, 4) is 0 Å². The number of likely N-dealkylation sites (N-methyl/N-ethyl adjacent to an activating group) is 1. The van der Waals surface area contributed by atoms with E-state index >= 15 is 0 Å². The summed E-state index contributed by atoms with van der Waals surface area (Å²) in [5, 5.41) is 2.81. The molecule has 0 heterocycles. The largest absolute Gasteiger partial charge is 0.336 e. The lowest BCUT2D eigenvalue weighted by molar-refractivity contribution is -0.134. The molecule has 126 valence electrons. The van der Waals surface area contributed by atoms with Gasteiger partial charge in [0.15, 0.2) is 0 Å². The fraction of sp³-hybridized carbons (Fsp3) is 0.263. The SMILES string of the molecule is CCC(C(=O)N(C)CC(=O)Nc1ccccc1Br)c1ccccc1. The first-order valence-corrected chi connectivity index (χ1v) is 8.66. The summed E-state index contributed by atoms with van der Waals surface area (Å²) in [6.45, 7) is 1.99. The number of amides is 2. The topological polar surface area (TPSA) is 49.4 Å². The van der Waals surface area contributed by atoms with Crippen molar-refractivity contribution in [3.63, 3.8) is 0 Å². The Morgan fingerprint density at radius 3 is 2.33 bits per heavy atom. The van der Waals surface area contributed by atoms with Crippen molar-refractivity contribution in [3.05, 3.63) is 64.6 Å². The lowest BCUT2D eigenvalue weighted by Crippen LogP contribution is -2.37. The van der Waals surface area contributed by atoms with Gasteiger partial charge in [-0.25, -0.2) is 0 Å². The number of carbonyl (C=O) groups is 2. The molecule has 0 fully saturated rings. The van der Waals surface area contributed by atoms with Crippen LogP contribution in [0.25, 0.3) is 0 Å². The highest BCUT2D eigenvalue weighted by atomic mass is 79.9. The van der Waals surface area contributed by atoms with E-state index in [4.69, 9.17) is 0 Å². The van der Waals surface area contributed by atoms with Crippen LogP contribution in [0.2, 0.25) is 0 Å². The van der Waals surface area contributed by atoms with Crippen LogP contribution < -0.4 is 5.32 Å². The van der Waals surface area contributed by atoms with Gasteiger partial charge < -0.3 is 10.2 Å². The van der Waals surface area contributed by atoms with Crippen LogP contribution in [0, 0.1) is 0 Å². The van der Waals surface area contributed by atoms with Crippen LogP contribution in [0.15, 0.2) is 59.1 Å². The van der Waals surface area contributed by atoms with Crippen molar-refractivity contribution in [2.45, 2.75) is 19.3 Å². The van der Waals surface area contributed by atoms with E-state index in [2.05, 4.69) is 21.2 Å². The summed E-state index contributed by atoms with van der Waals surface area (Å²) >= 11 is 3.39. The Morgan fingerprint density at radius 1 is 1.08 bits per heavy atom. The van der Waals surface area contributed by atoms with Gasteiger partial charge in [-0.1, -0.05) is 49.4 Å². The van der Waals surface area contributed by atoms with Gasteiger partial charge in [-0.15, -0.1) is 0 Å². The molecule has 0 aromatic heterocycles. The van der Waals surface area contributed by atoms with Crippen molar-refractivity contribution in [2.75, 3.05) is 18.9 Å². The zero-order valence-corrected chi connectivity index (χ0v) is 15.4. The molecule has 2 aromatic rings. The summed E-state index contributed by atoms with van der Waals surface area (Å²) in [4.78, 5) is 26.3. The fourth-order valence-electron chi connectivity index (χ4n) is 2.55. The third-order valence-electron chi connectivity index (χ3n) is 3.81. The molecule has 1 unspecified atom stereocenters. The Bertz CT molecular complexity index is 704. The Balaban J connectivity index is 2.00. The summed E-state index contributed by atoms with van der Waals surface area (Å²) < 4.78 is 0.808. The molecule has 0 aliphatic rings. The van der Waals surface area contributed by atoms with Crippen molar-refractivity contribution in [2.24, 2.45) is 0 Å². The molecular formula is C19H21BrN2O2. The monoisotopic (exact) mass is 388 g/mol. The van der Waals surface area contributed by atoms with Gasteiger partial charge in [-0.3, -0.25) is 9.59 Å². The van der Waals surface area contributed by atoms with Gasteiger partial charge in [-0.2, -0.15) is 0 Å². The minimum absolute atomic E-state index is 0.0174. The number of nitrogens with one attached hydrogen (secondary N) is 1. The van der Waals surface area contributed by atoms with Crippen LogP contribution >= 0.6 is 15.9 Å². The minimum atomic E-state index is -0.229. The third kappa shape index (κ3) is 4.68. The van der Waals surface area contributed by atoms with Gasteiger partial charge in [0.2, 0.25) is 11.8 Å². The summed E-state index contributed by atoms with van der Waals surface area (Å²) in [5.74, 6) is -0.501. The molecule has 0 bridgehead atoms. The van der Waals surface area contributed by atoms with Crippen molar-refractivity contribution < 1.29 is 9.59 Å². The van der Waals surface area contributed by atoms with Gasteiger partial charge in [-0.05, 0) is 40.0 Å². The summed E-state index contributed by atoms with van der Waals surface area (Å²) in [5.41, 5.74) is 1.67. The van der Waals surface area contributed by atoms with Crippen LogP contribution in [0.5, 0.6) is 0 Å². The Hall–Kier alpha value is -2.14. The van der Waals surface area contributed by atoms with Crippen LogP contribution in [0.3, 0.4) is 0 Å². The van der Waals surface area contributed by atoms with Crippen LogP contribution in [-0.4, -0.2) is 30.3 Å². The highest BCUT2D eigenvalue weighted by Gasteiger charge is 2.23. The third-order valence-corrected chi connectivity index (χ3v) is 4.50. The molecule has 4 nitrogen and oxygen atoms in total. The first kappa shape index (κ1) is 18.2. The predicted octanol–water partition coefficient (Wildman–Crippen LogP) is 4.04. The van der Waals surface area contributed by atoms with Crippen molar-refractivity contribution in [1.82, 2.24) is 4.90 Å². The molecule has 0 saturated heterocycles. The molecule has 0 saturated carbocycles. The molecule has 0 aliphatic carbocycles. The van der Waals surface area contributed by atoms with E-state index in [-0.39, 0.29) is 24.3 Å². The highest BCUT2D eigenvalue weighted by Crippen LogP contribution is 2.22. The molecule has 2 rings (SSSR count). The number of hydrogen-bond acceptors (Lipinski definition) is 2. The quantitative estimate of drug-likeness (QED) is 0.811. The van der Waals surface area contributed by atoms with E-state index in [0.29, 0.717) is 12.1 Å². The second-order valence-corrected chi connectivity index (χ2v) is 6.45. The highest BCUT2D eigenvalue weighted by molar-refractivity contribution is 9.10. The Morgan fingerprint density at radius 2 is 1.71 bits per heavy atom.